The summed E-state index contributed by atoms with van der Waals surface area (Å²) in [7, 11) is 0. The highest BCUT2D eigenvalue weighted by atomic mass is 32.1. The van der Waals surface area contributed by atoms with Gasteiger partial charge >= 0.3 is 0 Å². The Morgan fingerprint density at radius 1 is 1.56 bits per heavy atom. The van der Waals surface area contributed by atoms with E-state index in [1.54, 1.807) is 0 Å². The molecule has 2 heterocycles. The van der Waals surface area contributed by atoms with Crippen molar-refractivity contribution in [1.82, 2.24) is 5.32 Å². The first-order valence-electron chi connectivity index (χ1n) is 5.67. The molecule has 1 aromatic heterocycles. The van der Waals surface area contributed by atoms with Crippen molar-refractivity contribution in [1.29, 1.82) is 0 Å². The van der Waals surface area contributed by atoms with E-state index in [4.69, 9.17) is 4.74 Å². The average Bonchev–Trinajstić information content (AvgIpc) is 2.74. The number of thiophene rings is 1. The summed E-state index contributed by atoms with van der Waals surface area (Å²) in [6, 6.07) is 1.97. The quantitative estimate of drug-likeness (QED) is 0.817. The van der Waals surface area contributed by atoms with E-state index < -0.39 is 0 Å². The third-order valence-electron chi connectivity index (χ3n) is 2.85. The third-order valence-corrected chi connectivity index (χ3v) is 3.91. The molecule has 4 heteroatoms. The number of Topliss-reactive ketones (excluding diaryl/α,β-unsaturated/α-hetero) is 1. The smallest absolute Gasteiger partial charge is 0.198 e. The molecule has 88 valence electrons. The van der Waals surface area contributed by atoms with Gasteiger partial charge in [0.25, 0.3) is 0 Å². The zero-order chi connectivity index (χ0) is 11.4. The predicted octanol–water partition coefficient (Wildman–Crippen LogP) is 2.01. The molecule has 1 N–H and O–H groups in total. The van der Waals surface area contributed by atoms with Crippen LogP contribution in [0.15, 0.2) is 11.4 Å². The van der Waals surface area contributed by atoms with Gasteiger partial charge in [-0.1, -0.05) is 0 Å². The van der Waals surface area contributed by atoms with Crippen LogP contribution >= 0.6 is 11.3 Å². The van der Waals surface area contributed by atoms with Crippen molar-refractivity contribution in [2.75, 3.05) is 19.7 Å². The molecule has 0 unspecified atom stereocenters. The van der Waals surface area contributed by atoms with Crippen molar-refractivity contribution in [3.8, 4) is 0 Å². The van der Waals surface area contributed by atoms with E-state index in [0.29, 0.717) is 0 Å². The minimum absolute atomic E-state index is 0.117. The second kappa shape index (κ2) is 5.57. The van der Waals surface area contributed by atoms with Crippen LogP contribution in [0.2, 0.25) is 0 Å². The summed E-state index contributed by atoms with van der Waals surface area (Å²) in [5.74, 6) is 0.117. The number of piperidine rings is 1. The van der Waals surface area contributed by atoms with Gasteiger partial charge < -0.3 is 10.1 Å². The number of hydrogen-bond donors (Lipinski definition) is 1. The number of aryl methyl sites for hydroxylation is 1. The highest BCUT2D eigenvalue weighted by Gasteiger charge is 2.16. The summed E-state index contributed by atoms with van der Waals surface area (Å²) in [5, 5.41) is 5.23. The lowest BCUT2D eigenvalue weighted by Crippen LogP contribution is -2.33. The molecular formula is C12H17NO2S. The van der Waals surface area contributed by atoms with E-state index in [9.17, 15) is 4.79 Å². The van der Waals surface area contributed by atoms with E-state index in [0.717, 1.165) is 36.4 Å². The van der Waals surface area contributed by atoms with Gasteiger partial charge in [0.1, 0.15) is 6.61 Å². The maximum atomic E-state index is 11.8. The van der Waals surface area contributed by atoms with Gasteiger partial charge in [-0.2, -0.15) is 0 Å². The van der Waals surface area contributed by atoms with Gasteiger partial charge in [0.15, 0.2) is 5.78 Å². The molecule has 0 amide bonds. The fourth-order valence-electron chi connectivity index (χ4n) is 1.88. The Morgan fingerprint density at radius 3 is 2.94 bits per heavy atom. The predicted molar refractivity (Wildman–Crippen MR) is 65.2 cm³/mol. The topological polar surface area (TPSA) is 38.3 Å². The summed E-state index contributed by atoms with van der Waals surface area (Å²) >= 11 is 1.50. The standard InChI is InChI=1S/C12H17NO2S/c1-9-4-7-16-12(9)11(14)8-15-10-2-5-13-6-3-10/h4,7,10,13H,2-3,5-6,8H2,1H3. The van der Waals surface area contributed by atoms with Crippen LogP contribution in [0.5, 0.6) is 0 Å². The molecule has 1 aliphatic heterocycles. The van der Waals surface area contributed by atoms with Gasteiger partial charge in [0.05, 0.1) is 11.0 Å². The van der Waals surface area contributed by atoms with Gasteiger partial charge in [-0.25, -0.2) is 0 Å². The lowest BCUT2D eigenvalue weighted by molar-refractivity contribution is 0.0319. The molecule has 1 saturated heterocycles. The molecule has 0 atom stereocenters. The average molecular weight is 239 g/mol. The minimum atomic E-state index is 0.117. The Balaban J connectivity index is 1.81. The summed E-state index contributed by atoms with van der Waals surface area (Å²) < 4.78 is 5.64. The maximum Gasteiger partial charge on any atom is 0.198 e. The Kier molecular flexibility index (Phi) is 4.09. The second-order valence-corrected chi connectivity index (χ2v) is 5.03. The van der Waals surface area contributed by atoms with Crippen molar-refractivity contribution < 1.29 is 9.53 Å². The summed E-state index contributed by atoms with van der Waals surface area (Å²) in [6.07, 6.45) is 2.28. The Morgan fingerprint density at radius 2 is 2.31 bits per heavy atom. The first kappa shape index (κ1) is 11.8. The number of rotatable bonds is 4. The largest absolute Gasteiger partial charge is 0.370 e. The number of nitrogens with one attached hydrogen (secondary N) is 1. The van der Waals surface area contributed by atoms with E-state index in [-0.39, 0.29) is 18.5 Å². The Hall–Kier alpha value is -0.710. The van der Waals surface area contributed by atoms with E-state index in [1.165, 1.54) is 11.3 Å². The number of hydrogen-bond acceptors (Lipinski definition) is 4. The number of carbonyl (C=O) groups is 1. The molecule has 0 aromatic carbocycles. The van der Waals surface area contributed by atoms with E-state index in [1.807, 2.05) is 18.4 Å². The Labute approximate surface area is 99.8 Å². The second-order valence-electron chi connectivity index (χ2n) is 4.12. The SMILES string of the molecule is Cc1ccsc1C(=O)COC1CCNCC1. The van der Waals surface area contributed by atoms with Gasteiger partial charge in [-0.15, -0.1) is 11.3 Å². The lowest BCUT2D eigenvalue weighted by Gasteiger charge is -2.22. The normalized spacial score (nSPS) is 17.6. The van der Waals surface area contributed by atoms with Crippen LogP contribution in [0.25, 0.3) is 0 Å². The molecule has 0 spiro atoms. The molecule has 0 saturated carbocycles. The molecular weight excluding hydrogens is 222 g/mol. The van der Waals surface area contributed by atoms with Gasteiger partial charge in [0, 0.05) is 0 Å². The molecule has 1 aliphatic rings. The first-order valence-corrected chi connectivity index (χ1v) is 6.55. The van der Waals surface area contributed by atoms with Gasteiger partial charge in [-0.3, -0.25) is 4.79 Å². The van der Waals surface area contributed by atoms with Gasteiger partial charge in [-0.05, 0) is 49.9 Å². The first-order chi connectivity index (χ1) is 7.77. The summed E-state index contributed by atoms with van der Waals surface area (Å²) in [5.41, 5.74) is 1.06. The number of carbonyl (C=O) groups excluding carboxylic acids is 1. The minimum Gasteiger partial charge on any atom is -0.370 e. The zero-order valence-corrected chi connectivity index (χ0v) is 10.3. The Bertz CT molecular complexity index is 356. The summed E-state index contributed by atoms with van der Waals surface area (Å²) in [6.45, 7) is 4.19. The molecule has 1 aromatic rings. The van der Waals surface area contributed by atoms with Crippen LogP contribution in [0, 0.1) is 6.92 Å². The molecule has 16 heavy (non-hydrogen) atoms. The maximum absolute atomic E-state index is 11.8. The van der Waals surface area contributed by atoms with Gasteiger partial charge in [0.2, 0.25) is 0 Å². The van der Waals surface area contributed by atoms with E-state index in [2.05, 4.69) is 5.32 Å². The van der Waals surface area contributed by atoms with Crippen molar-refractivity contribution in [2.24, 2.45) is 0 Å². The molecule has 2 rings (SSSR count). The van der Waals surface area contributed by atoms with Crippen LogP contribution in [0.4, 0.5) is 0 Å². The fraction of sp³-hybridized carbons (Fsp3) is 0.583. The van der Waals surface area contributed by atoms with Crippen molar-refractivity contribution in [3.63, 3.8) is 0 Å². The third kappa shape index (κ3) is 2.90. The summed E-state index contributed by atoms with van der Waals surface area (Å²) in [4.78, 5) is 12.7. The highest BCUT2D eigenvalue weighted by Crippen LogP contribution is 2.17. The van der Waals surface area contributed by atoms with Crippen LogP contribution in [-0.4, -0.2) is 31.6 Å². The van der Waals surface area contributed by atoms with Crippen molar-refractivity contribution >= 4 is 17.1 Å². The number of ether oxygens (including phenoxy) is 1. The zero-order valence-electron chi connectivity index (χ0n) is 9.49. The van der Waals surface area contributed by atoms with Crippen LogP contribution in [0.3, 0.4) is 0 Å². The molecule has 3 nitrogen and oxygen atoms in total. The van der Waals surface area contributed by atoms with Crippen LogP contribution < -0.4 is 5.32 Å². The molecule has 0 aliphatic carbocycles. The van der Waals surface area contributed by atoms with E-state index >= 15 is 0 Å². The monoisotopic (exact) mass is 239 g/mol. The van der Waals surface area contributed by atoms with Crippen molar-refractivity contribution in [2.45, 2.75) is 25.9 Å². The van der Waals surface area contributed by atoms with Crippen molar-refractivity contribution in [3.05, 3.63) is 21.9 Å². The fourth-order valence-corrected chi connectivity index (χ4v) is 2.73. The van der Waals surface area contributed by atoms with Crippen LogP contribution in [0.1, 0.15) is 28.1 Å². The number of ketones is 1. The molecule has 1 fully saturated rings. The highest BCUT2D eigenvalue weighted by molar-refractivity contribution is 7.12. The lowest BCUT2D eigenvalue weighted by atomic mass is 10.1. The molecule has 0 radical (unpaired) electrons. The van der Waals surface area contributed by atoms with Crippen LogP contribution in [-0.2, 0) is 4.74 Å². The molecule has 0 bridgehead atoms.